The fourth-order valence-corrected chi connectivity index (χ4v) is 7.80. The van der Waals surface area contributed by atoms with Gasteiger partial charge < -0.3 is 10.2 Å². The van der Waals surface area contributed by atoms with Gasteiger partial charge in [-0.2, -0.15) is 0 Å². The third-order valence-corrected chi connectivity index (χ3v) is 8.48. The number of hydrogen-bond acceptors (Lipinski definition) is 2. The van der Waals surface area contributed by atoms with Gasteiger partial charge in [-0.3, -0.25) is 4.79 Å². The van der Waals surface area contributed by atoms with Crippen molar-refractivity contribution in [3.8, 4) is 0 Å². The summed E-state index contributed by atoms with van der Waals surface area (Å²) in [6.07, 6.45) is 9.83. The summed E-state index contributed by atoms with van der Waals surface area (Å²) in [5.41, 5.74) is 3.03. The number of hydrogen-bond donors (Lipinski definition) is 1. The molecule has 5 aliphatic rings. The first-order valence-corrected chi connectivity index (χ1v) is 11.5. The number of aryl methyl sites for hydroxylation is 1. The number of carbonyl (C=O) groups excluding carboxylic acids is 1. The zero-order chi connectivity index (χ0) is 19.4. The molecule has 28 heavy (non-hydrogen) atoms. The molecular formula is C25H36N2O. The Bertz CT molecular complexity index is 723. The van der Waals surface area contributed by atoms with Crippen LogP contribution < -0.4 is 5.32 Å². The first-order chi connectivity index (χ1) is 13.5. The van der Waals surface area contributed by atoms with Gasteiger partial charge in [0, 0.05) is 13.1 Å². The third kappa shape index (κ3) is 3.01. The third-order valence-electron chi connectivity index (χ3n) is 8.48. The van der Waals surface area contributed by atoms with Crippen LogP contribution in [0.4, 0.5) is 0 Å². The molecule has 1 aromatic rings. The van der Waals surface area contributed by atoms with Gasteiger partial charge in [0.25, 0.3) is 0 Å². The maximum absolute atomic E-state index is 13.9. The number of likely N-dealkylation sites (tertiary alicyclic amines) is 1. The molecule has 3 nitrogen and oxygen atoms in total. The van der Waals surface area contributed by atoms with Crippen LogP contribution in [0.25, 0.3) is 0 Å². The van der Waals surface area contributed by atoms with Crippen LogP contribution in [0.15, 0.2) is 24.3 Å². The second kappa shape index (κ2) is 6.86. The largest absolute Gasteiger partial charge is 0.342 e. The molecule has 5 fully saturated rings. The average Bonchev–Trinajstić information content (AvgIpc) is 2.67. The first-order valence-electron chi connectivity index (χ1n) is 11.5. The summed E-state index contributed by atoms with van der Waals surface area (Å²) < 4.78 is 0. The predicted molar refractivity (Wildman–Crippen MR) is 113 cm³/mol. The summed E-state index contributed by atoms with van der Waals surface area (Å²) >= 11 is 0. The Morgan fingerprint density at radius 1 is 1.14 bits per heavy atom. The molecule has 1 aromatic carbocycles. The summed E-state index contributed by atoms with van der Waals surface area (Å²) in [4.78, 5) is 16.2. The molecule has 0 aromatic heterocycles. The zero-order valence-corrected chi connectivity index (χ0v) is 17.7. The molecule has 4 aliphatic carbocycles. The van der Waals surface area contributed by atoms with E-state index in [1.54, 1.807) is 0 Å². The van der Waals surface area contributed by atoms with Crippen molar-refractivity contribution in [2.45, 2.75) is 63.7 Å². The molecule has 1 heterocycles. The van der Waals surface area contributed by atoms with Crippen LogP contribution in [0.2, 0.25) is 0 Å². The fraction of sp³-hybridized carbons (Fsp3) is 0.720. The van der Waals surface area contributed by atoms with Gasteiger partial charge in [0.2, 0.25) is 5.91 Å². The van der Waals surface area contributed by atoms with Crippen LogP contribution in [0.1, 0.15) is 62.5 Å². The van der Waals surface area contributed by atoms with Crippen molar-refractivity contribution >= 4 is 5.91 Å². The molecule has 3 atom stereocenters. The summed E-state index contributed by atoms with van der Waals surface area (Å²) in [6, 6.07) is 9.28. The number of piperidine rings is 1. The average molecular weight is 381 g/mol. The monoisotopic (exact) mass is 380 g/mol. The number of nitrogens with zero attached hydrogens (tertiary/aromatic N) is 1. The molecule has 3 heteroatoms. The summed E-state index contributed by atoms with van der Waals surface area (Å²) in [5.74, 6) is 2.65. The molecule has 1 aliphatic heterocycles. The van der Waals surface area contributed by atoms with Crippen LogP contribution in [0.5, 0.6) is 0 Å². The lowest BCUT2D eigenvalue weighted by atomic mass is 9.42. The molecule has 152 valence electrons. The minimum atomic E-state index is -0.0729. The normalized spacial score (nSPS) is 39.4. The predicted octanol–water partition coefficient (Wildman–Crippen LogP) is 4.29. The summed E-state index contributed by atoms with van der Waals surface area (Å²) in [7, 11) is 2.03. The highest BCUT2D eigenvalue weighted by Crippen LogP contribution is 2.66. The van der Waals surface area contributed by atoms with E-state index in [0.29, 0.717) is 11.8 Å². The van der Waals surface area contributed by atoms with E-state index >= 15 is 0 Å². The molecule has 3 unspecified atom stereocenters. The number of rotatable bonds is 4. The van der Waals surface area contributed by atoms with Crippen molar-refractivity contribution in [1.29, 1.82) is 0 Å². The van der Waals surface area contributed by atoms with Gasteiger partial charge in [0.1, 0.15) is 0 Å². The Kier molecular flexibility index (Phi) is 4.58. The summed E-state index contributed by atoms with van der Waals surface area (Å²) in [6.45, 7) is 5.16. The number of benzene rings is 1. The first kappa shape index (κ1) is 18.7. The standard InChI is InChI=1S/C25H36N2O/c1-18-5-7-22(8-6-18)24-11-20-10-21(12-24)14-25(13-20,17-24)23(28)27-9-3-4-19(16-27)15-26-2/h5-8,19-21,26H,3-4,9-17H2,1-2H3. The lowest BCUT2D eigenvalue weighted by Crippen LogP contribution is -2.60. The molecule has 1 saturated heterocycles. The molecule has 0 spiro atoms. The van der Waals surface area contributed by atoms with E-state index < -0.39 is 0 Å². The number of carbonyl (C=O) groups is 1. The second-order valence-corrected chi connectivity index (χ2v) is 10.7. The van der Waals surface area contributed by atoms with Gasteiger partial charge in [-0.1, -0.05) is 29.8 Å². The highest BCUT2D eigenvalue weighted by Gasteiger charge is 2.61. The Hall–Kier alpha value is -1.35. The molecule has 1 N–H and O–H groups in total. The lowest BCUT2D eigenvalue weighted by Gasteiger charge is -2.62. The minimum Gasteiger partial charge on any atom is -0.342 e. The second-order valence-electron chi connectivity index (χ2n) is 10.7. The van der Waals surface area contributed by atoms with E-state index in [4.69, 9.17) is 0 Å². The van der Waals surface area contributed by atoms with Crippen LogP contribution >= 0.6 is 0 Å². The van der Waals surface area contributed by atoms with Crippen LogP contribution in [-0.2, 0) is 10.2 Å². The van der Waals surface area contributed by atoms with Gasteiger partial charge in [0.05, 0.1) is 5.41 Å². The van der Waals surface area contributed by atoms with Crippen LogP contribution in [-0.4, -0.2) is 37.5 Å². The molecule has 4 saturated carbocycles. The van der Waals surface area contributed by atoms with E-state index in [0.717, 1.165) is 50.7 Å². The Morgan fingerprint density at radius 2 is 1.86 bits per heavy atom. The minimum absolute atomic E-state index is 0.0729. The van der Waals surface area contributed by atoms with Gasteiger partial charge in [-0.05, 0) is 101 Å². The van der Waals surface area contributed by atoms with Gasteiger partial charge in [-0.15, -0.1) is 0 Å². The van der Waals surface area contributed by atoms with Crippen LogP contribution in [0.3, 0.4) is 0 Å². The van der Waals surface area contributed by atoms with Gasteiger partial charge in [-0.25, -0.2) is 0 Å². The number of nitrogens with one attached hydrogen (secondary N) is 1. The van der Waals surface area contributed by atoms with Gasteiger partial charge in [0.15, 0.2) is 0 Å². The van der Waals surface area contributed by atoms with Crippen molar-refractivity contribution in [2.24, 2.45) is 23.2 Å². The van der Waals surface area contributed by atoms with E-state index in [9.17, 15) is 4.79 Å². The van der Waals surface area contributed by atoms with Crippen molar-refractivity contribution in [1.82, 2.24) is 10.2 Å². The van der Waals surface area contributed by atoms with Crippen molar-refractivity contribution in [3.05, 3.63) is 35.4 Å². The highest BCUT2D eigenvalue weighted by atomic mass is 16.2. The topological polar surface area (TPSA) is 32.3 Å². The molecular weight excluding hydrogens is 344 g/mol. The van der Waals surface area contributed by atoms with Crippen molar-refractivity contribution < 1.29 is 4.79 Å². The van der Waals surface area contributed by atoms with E-state index in [1.807, 2.05) is 7.05 Å². The molecule has 0 radical (unpaired) electrons. The highest BCUT2D eigenvalue weighted by molar-refractivity contribution is 5.84. The van der Waals surface area contributed by atoms with E-state index in [2.05, 4.69) is 41.4 Å². The smallest absolute Gasteiger partial charge is 0.228 e. The SMILES string of the molecule is CNCC1CCCN(C(=O)C23CC4CC(C2)CC(c2ccc(C)cc2)(C4)C3)C1. The fourth-order valence-electron chi connectivity index (χ4n) is 7.80. The zero-order valence-electron chi connectivity index (χ0n) is 17.7. The van der Waals surface area contributed by atoms with Crippen molar-refractivity contribution in [3.63, 3.8) is 0 Å². The maximum atomic E-state index is 13.9. The number of amides is 1. The maximum Gasteiger partial charge on any atom is 0.228 e. The lowest BCUT2D eigenvalue weighted by molar-refractivity contribution is -0.162. The molecule has 1 amide bonds. The Labute approximate surface area is 170 Å². The van der Waals surface area contributed by atoms with Crippen LogP contribution in [0, 0.1) is 30.1 Å². The van der Waals surface area contributed by atoms with Gasteiger partial charge >= 0.3 is 0 Å². The van der Waals surface area contributed by atoms with E-state index in [-0.39, 0.29) is 10.8 Å². The Balaban J connectivity index is 1.43. The Morgan fingerprint density at radius 3 is 2.54 bits per heavy atom. The summed E-state index contributed by atoms with van der Waals surface area (Å²) in [5, 5.41) is 3.33. The van der Waals surface area contributed by atoms with Crippen molar-refractivity contribution in [2.75, 3.05) is 26.7 Å². The quantitative estimate of drug-likeness (QED) is 0.845. The van der Waals surface area contributed by atoms with E-state index in [1.165, 1.54) is 43.2 Å². The molecule has 6 rings (SSSR count). The molecule has 4 bridgehead atoms.